The minimum Gasteiger partial charge on any atom is -0.490 e. The van der Waals surface area contributed by atoms with Crippen LogP contribution in [0.3, 0.4) is 0 Å². The second-order valence-electron chi connectivity index (χ2n) is 22.3. The molecular formula is C75H72Cl4O12. The Morgan fingerprint density at radius 2 is 0.648 bits per heavy atom. The molecule has 0 amide bonds. The molecule has 0 aliphatic carbocycles. The second-order valence-corrected chi connectivity index (χ2v) is 24.1. The molecule has 0 saturated heterocycles. The van der Waals surface area contributed by atoms with Gasteiger partial charge in [-0.05, 0) is 131 Å². The average Bonchev–Trinajstić information content (AvgIpc) is 0.793. The normalized spacial score (nSPS) is 12.2. The monoisotopic (exact) mass is 1300 g/mol. The van der Waals surface area contributed by atoms with Gasteiger partial charge in [-0.1, -0.05) is 206 Å². The van der Waals surface area contributed by atoms with Gasteiger partial charge in [-0.15, -0.1) is 0 Å². The van der Waals surface area contributed by atoms with E-state index < -0.39 is 52.3 Å². The van der Waals surface area contributed by atoms with Gasteiger partial charge in [0.2, 0.25) is 0 Å². The maximum atomic E-state index is 14.6. The predicted octanol–water partition coefficient (Wildman–Crippen LogP) is 16.2. The zero-order chi connectivity index (χ0) is 65.0. The number of aryl methyl sites for hydroxylation is 2. The van der Waals surface area contributed by atoms with Crippen molar-refractivity contribution < 1.29 is 57.1 Å². The van der Waals surface area contributed by atoms with E-state index in [4.69, 9.17) is 84.3 Å². The van der Waals surface area contributed by atoms with Crippen LogP contribution in [-0.4, -0.2) is 88.9 Å². The Balaban J connectivity index is 0.962. The van der Waals surface area contributed by atoms with Crippen molar-refractivity contribution in [2.24, 2.45) is 0 Å². The van der Waals surface area contributed by atoms with Gasteiger partial charge in [0, 0.05) is 37.7 Å². The van der Waals surface area contributed by atoms with Crippen molar-refractivity contribution in [1.29, 1.82) is 0 Å². The van der Waals surface area contributed by atoms with Crippen molar-refractivity contribution in [3.05, 3.63) is 295 Å². The SMILES string of the molecule is C=CC(=O)OCCOCC(COc1ccc(C(C)(C)c2ccc(OCC(COCCOC(=O)C=C)OC(=O)CC(c3ccc(C)cc3)(c3ccc(Cl)cc3)c3ccc(Cl)cc3)cc2)cc1)OC(=O)CC(c1ccc(C)cc1)(c1ccc(Cl)cc1)c1ccc(Cl)cc1. The second kappa shape index (κ2) is 32.7. The van der Waals surface area contributed by atoms with Crippen LogP contribution in [0.15, 0.2) is 219 Å². The lowest BCUT2D eigenvalue weighted by Gasteiger charge is -2.36. The Kier molecular flexibility index (Phi) is 24.7. The van der Waals surface area contributed by atoms with E-state index >= 15 is 0 Å². The number of rotatable bonds is 32. The van der Waals surface area contributed by atoms with Gasteiger partial charge in [0.05, 0.1) is 50.1 Å². The van der Waals surface area contributed by atoms with Crippen molar-refractivity contribution in [3.63, 3.8) is 0 Å². The molecule has 12 nitrogen and oxygen atoms in total. The molecule has 0 radical (unpaired) electrons. The van der Waals surface area contributed by atoms with Crippen LogP contribution in [0.25, 0.3) is 0 Å². The third-order valence-corrected chi connectivity index (χ3v) is 16.8. The number of carbonyl (C=O) groups is 4. The minimum absolute atomic E-state index is 0.0328. The first-order valence-electron chi connectivity index (χ1n) is 29.6. The number of hydrogen-bond donors (Lipinski definition) is 0. The zero-order valence-electron chi connectivity index (χ0n) is 51.2. The molecule has 91 heavy (non-hydrogen) atoms. The summed E-state index contributed by atoms with van der Waals surface area (Å²) in [6.07, 6.45) is 0.140. The lowest BCUT2D eigenvalue weighted by atomic mass is 9.67. The van der Waals surface area contributed by atoms with E-state index in [2.05, 4.69) is 27.0 Å². The van der Waals surface area contributed by atoms with Crippen LogP contribution in [0.4, 0.5) is 0 Å². The van der Waals surface area contributed by atoms with Crippen molar-refractivity contribution in [2.75, 3.05) is 52.9 Å². The van der Waals surface area contributed by atoms with E-state index in [-0.39, 0.29) is 65.7 Å². The maximum absolute atomic E-state index is 14.6. The van der Waals surface area contributed by atoms with Crippen LogP contribution in [0.5, 0.6) is 11.5 Å². The number of benzene rings is 8. The highest BCUT2D eigenvalue weighted by atomic mass is 35.5. The summed E-state index contributed by atoms with van der Waals surface area (Å²) < 4.78 is 47.3. The fourth-order valence-corrected chi connectivity index (χ4v) is 11.3. The number of carbonyl (C=O) groups excluding carboxylic acids is 4. The number of ether oxygens (including phenoxy) is 8. The van der Waals surface area contributed by atoms with Crippen molar-refractivity contribution in [1.82, 2.24) is 0 Å². The molecule has 8 rings (SSSR count). The van der Waals surface area contributed by atoms with E-state index in [0.717, 1.165) is 67.8 Å². The molecule has 0 aromatic heterocycles. The Morgan fingerprint density at radius 3 is 0.923 bits per heavy atom. The minimum atomic E-state index is -1.03. The van der Waals surface area contributed by atoms with Gasteiger partial charge in [0.15, 0.2) is 12.2 Å². The molecule has 0 fully saturated rings. The molecule has 8 aromatic rings. The van der Waals surface area contributed by atoms with Crippen LogP contribution in [-0.2, 0) is 63.8 Å². The summed E-state index contributed by atoms with van der Waals surface area (Å²) in [5.74, 6) is -1.18. The highest BCUT2D eigenvalue weighted by Crippen LogP contribution is 2.46. The molecule has 2 unspecified atom stereocenters. The Bertz CT molecular complexity index is 3220. The number of halogens is 4. The van der Waals surface area contributed by atoms with Crippen LogP contribution in [0.2, 0.25) is 20.1 Å². The summed E-state index contributed by atoms with van der Waals surface area (Å²) in [5.41, 5.74) is 6.47. The van der Waals surface area contributed by atoms with Gasteiger partial charge in [-0.2, -0.15) is 0 Å². The molecule has 0 heterocycles. The molecule has 8 aromatic carbocycles. The van der Waals surface area contributed by atoms with Crippen molar-refractivity contribution in [3.8, 4) is 11.5 Å². The van der Waals surface area contributed by atoms with Crippen molar-refractivity contribution in [2.45, 2.75) is 69.0 Å². The van der Waals surface area contributed by atoms with Crippen LogP contribution < -0.4 is 9.47 Å². The molecule has 0 aliphatic rings. The summed E-state index contributed by atoms with van der Waals surface area (Å²) in [6, 6.07) is 61.1. The fourth-order valence-electron chi connectivity index (χ4n) is 10.8. The molecule has 0 aliphatic heterocycles. The smallest absolute Gasteiger partial charge is 0.330 e. The first-order valence-corrected chi connectivity index (χ1v) is 31.1. The lowest BCUT2D eigenvalue weighted by Crippen LogP contribution is -2.36. The Hall–Kier alpha value is -8.20. The van der Waals surface area contributed by atoms with Gasteiger partial charge in [0.25, 0.3) is 0 Å². The van der Waals surface area contributed by atoms with Crippen LogP contribution in [0.1, 0.15) is 82.3 Å². The first kappa shape index (κ1) is 68.7. The Morgan fingerprint density at radius 1 is 0.385 bits per heavy atom. The van der Waals surface area contributed by atoms with E-state index in [0.29, 0.717) is 31.6 Å². The summed E-state index contributed by atoms with van der Waals surface area (Å²) in [7, 11) is 0. The summed E-state index contributed by atoms with van der Waals surface area (Å²) >= 11 is 25.7. The van der Waals surface area contributed by atoms with Gasteiger partial charge < -0.3 is 37.9 Å². The summed E-state index contributed by atoms with van der Waals surface area (Å²) in [6.45, 7) is 14.8. The third-order valence-electron chi connectivity index (χ3n) is 15.8. The lowest BCUT2D eigenvalue weighted by molar-refractivity contribution is -0.156. The highest BCUT2D eigenvalue weighted by Gasteiger charge is 2.42. The molecular weight excluding hydrogens is 1230 g/mol. The topological polar surface area (TPSA) is 142 Å². The zero-order valence-corrected chi connectivity index (χ0v) is 54.2. The molecule has 472 valence electrons. The number of esters is 4. The van der Waals surface area contributed by atoms with Crippen LogP contribution >= 0.6 is 46.4 Å². The average molecular weight is 1310 g/mol. The first-order chi connectivity index (χ1) is 43.8. The highest BCUT2D eigenvalue weighted by molar-refractivity contribution is 6.31. The largest absolute Gasteiger partial charge is 0.490 e. The van der Waals surface area contributed by atoms with Crippen LogP contribution in [0, 0.1) is 13.8 Å². The number of hydrogen-bond acceptors (Lipinski definition) is 12. The fraction of sp³-hybridized carbons (Fsp3) is 0.253. The van der Waals surface area contributed by atoms with Gasteiger partial charge in [0.1, 0.15) is 37.9 Å². The molecule has 0 spiro atoms. The summed E-state index contributed by atoms with van der Waals surface area (Å²) in [4.78, 5) is 52.7. The van der Waals surface area contributed by atoms with E-state index in [1.54, 1.807) is 48.5 Å². The standard InChI is InChI=1S/C75H72Cl4O12/c1-7-69(80)86-43-41-84-47-67(90-71(82)45-74(55-13-9-51(3)10-14-55,57-17-29-61(76)30-18-57)58-19-31-62(77)32-20-58)49-88-65-37-25-53(26-38-65)73(5,6)54-27-39-66(40-28-54)89-50-68(48-85-42-44-87-70(81)8-2)91-72(83)46-75(56-15-11-52(4)12-16-56,59-21-33-63(78)34-22-59)60-23-35-64(79)36-24-60/h7-40,67-68H,1-2,41-50H2,3-6H3. The molecule has 0 bridgehead atoms. The van der Waals surface area contributed by atoms with Gasteiger partial charge in [-0.3, -0.25) is 9.59 Å². The molecule has 0 N–H and O–H groups in total. The maximum Gasteiger partial charge on any atom is 0.330 e. The van der Waals surface area contributed by atoms with E-state index in [1.165, 1.54) is 0 Å². The quantitative estimate of drug-likeness (QED) is 0.0130. The molecule has 2 atom stereocenters. The summed E-state index contributed by atoms with van der Waals surface area (Å²) in [5, 5.41) is 2.18. The van der Waals surface area contributed by atoms with Gasteiger partial charge >= 0.3 is 23.9 Å². The van der Waals surface area contributed by atoms with E-state index in [1.807, 2.05) is 159 Å². The Labute approximate surface area is 552 Å². The van der Waals surface area contributed by atoms with E-state index in [9.17, 15) is 19.2 Å². The molecule has 16 heteroatoms. The molecule has 0 saturated carbocycles. The third kappa shape index (κ3) is 18.5. The predicted molar refractivity (Wildman–Crippen MR) is 357 cm³/mol. The van der Waals surface area contributed by atoms with Gasteiger partial charge in [-0.25, -0.2) is 9.59 Å². The van der Waals surface area contributed by atoms with Crippen molar-refractivity contribution >= 4 is 70.3 Å².